The summed E-state index contributed by atoms with van der Waals surface area (Å²) in [6.07, 6.45) is 2.01. The maximum atomic E-state index is 13.4. The van der Waals surface area contributed by atoms with Crippen molar-refractivity contribution in [2.45, 2.75) is 19.4 Å². The van der Waals surface area contributed by atoms with Crippen molar-refractivity contribution in [3.8, 4) is 0 Å². The molecular formula is C19H25FN2O3. The highest BCUT2D eigenvalue weighted by atomic mass is 19.1. The highest BCUT2D eigenvalue weighted by molar-refractivity contribution is 5.78. The Kier molecular flexibility index (Phi) is 5.01. The van der Waals surface area contributed by atoms with Gasteiger partial charge in [-0.2, -0.15) is 0 Å². The van der Waals surface area contributed by atoms with Crippen LogP contribution in [0.5, 0.6) is 0 Å². The number of hydroxylamine groups is 2. The Morgan fingerprint density at radius 3 is 2.96 bits per heavy atom. The Balaban J connectivity index is 1.42. The molecular weight excluding hydrogens is 323 g/mol. The average molecular weight is 348 g/mol. The molecule has 0 spiro atoms. The van der Waals surface area contributed by atoms with Crippen molar-refractivity contribution < 1.29 is 18.8 Å². The van der Waals surface area contributed by atoms with Crippen molar-refractivity contribution in [1.29, 1.82) is 0 Å². The van der Waals surface area contributed by atoms with Crippen LogP contribution < -0.4 is 0 Å². The van der Waals surface area contributed by atoms with Crippen LogP contribution in [-0.2, 0) is 20.9 Å². The van der Waals surface area contributed by atoms with E-state index in [4.69, 9.17) is 9.57 Å². The lowest BCUT2D eigenvalue weighted by Gasteiger charge is -2.36. The fraction of sp³-hybridized carbons (Fsp3) is 0.632. The topological polar surface area (TPSA) is 42.0 Å². The summed E-state index contributed by atoms with van der Waals surface area (Å²) in [5.41, 5.74) is 0.974. The van der Waals surface area contributed by atoms with E-state index in [0.717, 1.165) is 31.5 Å². The Bertz CT molecular complexity index is 620. The van der Waals surface area contributed by atoms with Crippen molar-refractivity contribution in [2.24, 2.45) is 17.8 Å². The van der Waals surface area contributed by atoms with Crippen LogP contribution in [0.4, 0.5) is 4.39 Å². The van der Waals surface area contributed by atoms with Crippen LogP contribution in [0, 0.1) is 23.6 Å². The number of hydrogen-bond acceptors (Lipinski definition) is 4. The Morgan fingerprint density at radius 1 is 1.24 bits per heavy atom. The van der Waals surface area contributed by atoms with Crippen LogP contribution in [0.1, 0.15) is 18.4 Å². The molecule has 0 bridgehead atoms. The normalized spacial score (nSPS) is 30.3. The molecule has 136 valence electrons. The number of halogens is 1. The van der Waals surface area contributed by atoms with Gasteiger partial charge in [-0.3, -0.25) is 14.5 Å². The SMILES string of the molecule is O=C([C@@H]1COC[C@H]2CN(Cc3cccc(F)c3)C[C@H]21)N1CCCCO1. The number of benzene rings is 1. The molecule has 0 radical (unpaired) electrons. The van der Waals surface area contributed by atoms with Gasteiger partial charge < -0.3 is 4.74 Å². The first-order valence-corrected chi connectivity index (χ1v) is 9.19. The number of rotatable bonds is 3. The summed E-state index contributed by atoms with van der Waals surface area (Å²) in [7, 11) is 0. The van der Waals surface area contributed by atoms with Gasteiger partial charge in [-0.05, 0) is 42.4 Å². The number of ether oxygens (including phenoxy) is 1. The zero-order valence-corrected chi connectivity index (χ0v) is 14.4. The minimum atomic E-state index is -0.201. The third-order valence-electron chi connectivity index (χ3n) is 5.57. The van der Waals surface area contributed by atoms with Crippen molar-refractivity contribution in [1.82, 2.24) is 9.96 Å². The quantitative estimate of drug-likeness (QED) is 0.839. The van der Waals surface area contributed by atoms with Crippen LogP contribution in [-0.4, -0.2) is 55.3 Å². The smallest absolute Gasteiger partial charge is 0.251 e. The van der Waals surface area contributed by atoms with Gasteiger partial charge in [0.25, 0.3) is 5.91 Å². The van der Waals surface area contributed by atoms with E-state index in [9.17, 15) is 9.18 Å². The van der Waals surface area contributed by atoms with Crippen LogP contribution in [0.3, 0.4) is 0 Å². The molecule has 0 unspecified atom stereocenters. The predicted octanol–water partition coefficient (Wildman–Crippen LogP) is 2.07. The zero-order valence-electron chi connectivity index (χ0n) is 14.4. The summed E-state index contributed by atoms with van der Waals surface area (Å²) < 4.78 is 19.1. The highest BCUT2D eigenvalue weighted by Crippen LogP contribution is 2.36. The number of amides is 1. The maximum Gasteiger partial charge on any atom is 0.251 e. The van der Waals surface area contributed by atoms with Crippen LogP contribution in [0.15, 0.2) is 24.3 Å². The third kappa shape index (κ3) is 3.71. The summed E-state index contributed by atoms with van der Waals surface area (Å²) in [5, 5.41) is 1.55. The third-order valence-corrected chi connectivity index (χ3v) is 5.57. The number of hydrogen-bond donors (Lipinski definition) is 0. The van der Waals surface area contributed by atoms with Gasteiger partial charge in [-0.15, -0.1) is 0 Å². The first-order chi connectivity index (χ1) is 12.2. The Morgan fingerprint density at radius 2 is 2.16 bits per heavy atom. The number of fused-ring (bicyclic) bond motifs is 1. The second-order valence-corrected chi connectivity index (χ2v) is 7.37. The molecule has 25 heavy (non-hydrogen) atoms. The van der Waals surface area contributed by atoms with E-state index in [2.05, 4.69) is 4.90 Å². The van der Waals surface area contributed by atoms with Gasteiger partial charge in [0.15, 0.2) is 0 Å². The maximum absolute atomic E-state index is 13.4. The molecule has 3 atom stereocenters. The molecule has 3 aliphatic heterocycles. The first-order valence-electron chi connectivity index (χ1n) is 9.19. The summed E-state index contributed by atoms with van der Waals surface area (Å²) in [6.45, 7) is 4.95. The van der Waals surface area contributed by atoms with E-state index in [1.165, 1.54) is 6.07 Å². The van der Waals surface area contributed by atoms with Crippen molar-refractivity contribution >= 4 is 5.91 Å². The largest absolute Gasteiger partial charge is 0.380 e. The summed E-state index contributed by atoms with van der Waals surface area (Å²) >= 11 is 0. The molecule has 3 fully saturated rings. The lowest BCUT2D eigenvalue weighted by molar-refractivity contribution is -0.207. The van der Waals surface area contributed by atoms with Gasteiger partial charge in [0, 0.05) is 26.2 Å². The van der Waals surface area contributed by atoms with Gasteiger partial charge in [0.2, 0.25) is 0 Å². The van der Waals surface area contributed by atoms with E-state index >= 15 is 0 Å². The molecule has 0 aromatic heterocycles. The molecule has 0 saturated carbocycles. The second-order valence-electron chi connectivity index (χ2n) is 7.37. The van der Waals surface area contributed by atoms with Crippen LogP contribution in [0.25, 0.3) is 0 Å². The van der Waals surface area contributed by atoms with Gasteiger partial charge in [0.1, 0.15) is 5.82 Å². The van der Waals surface area contributed by atoms with Gasteiger partial charge in [0.05, 0.1) is 25.7 Å². The number of carbonyl (C=O) groups excluding carboxylic acids is 1. The molecule has 3 aliphatic rings. The van der Waals surface area contributed by atoms with Crippen molar-refractivity contribution in [3.63, 3.8) is 0 Å². The van der Waals surface area contributed by atoms with E-state index in [1.54, 1.807) is 17.2 Å². The van der Waals surface area contributed by atoms with E-state index in [0.29, 0.717) is 44.7 Å². The minimum absolute atomic E-state index is 0.0713. The van der Waals surface area contributed by atoms with Crippen LogP contribution >= 0.6 is 0 Å². The summed E-state index contributed by atoms with van der Waals surface area (Å²) in [4.78, 5) is 20.7. The number of nitrogens with zero attached hydrogens (tertiary/aromatic N) is 2. The lowest BCUT2D eigenvalue weighted by atomic mass is 9.82. The minimum Gasteiger partial charge on any atom is -0.380 e. The van der Waals surface area contributed by atoms with Gasteiger partial charge in [-0.25, -0.2) is 9.45 Å². The molecule has 6 heteroatoms. The van der Waals surface area contributed by atoms with Gasteiger partial charge >= 0.3 is 0 Å². The molecule has 3 heterocycles. The molecule has 1 aromatic carbocycles. The molecule has 4 rings (SSSR count). The zero-order chi connectivity index (χ0) is 17.2. The van der Waals surface area contributed by atoms with E-state index < -0.39 is 0 Å². The van der Waals surface area contributed by atoms with E-state index in [1.807, 2.05) is 6.07 Å². The molecule has 0 N–H and O–H groups in total. The molecule has 1 amide bonds. The molecule has 1 aromatic rings. The number of likely N-dealkylation sites (tertiary alicyclic amines) is 1. The second kappa shape index (κ2) is 7.40. The highest BCUT2D eigenvalue weighted by Gasteiger charge is 2.45. The van der Waals surface area contributed by atoms with Crippen LogP contribution in [0.2, 0.25) is 0 Å². The fourth-order valence-electron chi connectivity index (χ4n) is 4.32. The fourth-order valence-corrected chi connectivity index (χ4v) is 4.32. The monoisotopic (exact) mass is 348 g/mol. The standard InChI is InChI=1S/C19H25FN2O3/c20-16-5-3-4-14(8-16)9-21-10-15-12-24-13-18(17(15)11-21)19(23)22-6-1-2-7-25-22/h3-5,8,15,17-18H,1-2,6-7,9-13H2/t15-,17-,18-/m1/s1. The van der Waals surface area contributed by atoms with Crippen molar-refractivity contribution in [2.75, 3.05) is 39.5 Å². The van der Waals surface area contributed by atoms with Crippen molar-refractivity contribution in [3.05, 3.63) is 35.6 Å². The molecule has 3 saturated heterocycles. The summed E-state index contributed by atoms with van der Waals surface area (Å²) in [6, 6.07) is 6.75. The Hall–Kier alpha value is -1.50. The van der Waals surface area contributed by atoms with E-state index in [-0.39, 0.29) is 17.6 Å². The summed E-state index contributed by atoms with van der Waals surface area (Å²) in [5.74, 6) is 0.394. The predicted molar refractivity (Wildman–Crippen MR) is 89.9 cm³/mol. The molecule has 5 nitrogen and oxygen atoms in total. The average Bonchev–Trinajstić information content (AvgIpc) is 3.04. The molecule has 0 aliphatic carbocycles. The Labute approximate surface area is 147 Å². The first kappa shape index (κ1) is 16.9. The lowest BCUT2D eigenvalue weighted by Crippen LogP contribution is -2.47. The van der Waals surface area contributed by atoms with Gasteiger partial charge in [-0.1, -0.05) is 12.1 Å². The number of carbonyl (C=O) groups is 1.